The number of nitrogens with zero attached hydrogens (tertiary/aromatic N) is 3. The molecule has 2 fully saturated rings. The molecule has 0 bridgehead atoms. The van der Waals surface area contributed by atoms with E-state index in [9.17, 15) is 0 Å². The maximum Gasteiger partial charge on any atom is 0.218 e. The molecule has 1 aromatic rings. The number of hydrogen-bond acceptors (Lipinski definition) is 5. The SMILES string of the molecule is CCOc1cc(N(CC2CCCNC2)C2CC2)ncn1. The number of anilines is 1. The minimum Gasteiger partial charge on any atom is -0.478 e. The van der Waals surface area contributed by atoms with Gasteiger partial charge in [-0.3, -0.25) is 0 Å². The normalized spacial score (nSPS) is 22.6. The maximum absolute atomic E-state index is 5.50. The Labute approximate surface area is 120 Å². The molecule has 20 heavy (non-hydrogen) atoms. The number of ether oxygens (including phenoxy) is 1. The highest BCUT2D eigenvalue weighted by Gasteiger charge is 2.32. The van der Waals surface area contributed by atoms with E-state index in [1.54, 1.807) is 6.33 Å². The molecule has 1 atom stereocenters. The lowest BCUT2D eigenvalue weighted by molar-refractivity contribution is 0.326. The van der Waals surface area contributed by atoms with Crippen molar-refractivity contribution in [3.05, 3.63) is 12.4 Å². The molecule has 1 aromatic heterocycles. The molecule has 0 radical (unpaired) electrons. The third-order valence-corrected chi connectivity index (χ3v) is 4.06. The second-order valence-electron chi connectivity index (χ2n) is 5.74. The summed E-state index contributed by atoms with van der Waals surface area (Å²) in [6, 6.07) is 2.65. The van der Waals surface area contributed by atoms with Gasteiger partial charge in [0.2, 0.25) is 5.88 Å². The molecule has 1 aliphatic carbocycles. The van der Waals surface area contributed by atoms with Crippen molar-refractivity contribution in [3.63, 3.8) is 0 Å². The fourth-order valence-electron chi connectivity index (χ4n) is 2.89. The molecule has 1 saturated heterocycles. The smallest absolute Gasteiger partial charge is 0.218 e. The second kappa shape index (κ2) is 6.39. The summed E-state index contributed by atoms with van der Waals surface area (Å²) < 4.78 is 5.50. The third-order valence-electron chi connectivity index (χ3n) is 4.06. The monoisotopic (exact) mass is 276 g/mol. The molecule has 0 aromatic carbocycles. The van der Waals surface area contributed by atoms with E-state index in [4.69, 9.17) is 4.74 Å². The summed E-state index contributed by atoms with van der Waals surface area (Å²) in [5.74, 6) is 2.44. The first kappa shape index (κ1) is 13.6. The second-order valence-corrected chi connectivity index (χ2v) is 5.74. The Hall–Kier alpha value is -1.36. The van der Waals surface area contributed by atoms with Crippen molar-refractivity contribution < 1.29 is 4.74 Å². The molecular weight excluding hydrogens is 252 g/mol. The van der Waals surface area contributed by atoms with Crippen LogP contribution in [-0.4, -0.2) is 42.3 Å². The van der Waals surface area contributed by atoms with Gasteiger partial charge in [0, 0.05) is 18.7 Å². The molecule has 5 nitrogen and oxygen atoms in total. The highest BCUT2D eigenvalue weighted by atomic mass is 16.5. The summed E-state index contributed by atoms with van der Waals surface area (Å²) in [5, 5.41) is 3.50. The van der Waals surface area contributed by atoms with Crippen molar-refractivity contribution >= 4 is 5.82 Å². The molecule has 1 N–H and O–H groups in total. The fraction of sp³-hybridized carbons (Fsp3) is 0.733. The zero-order chi connectivity index (χ0) is 13.8. The van der Waals surface area contributed by atoms with E-state index < -0.39 is 0 Å². The highest BCUT2D eigenvalue weighted by Crippen LogP contribution is 2.32. The molecule has 110 valence electrons. The number of aromatic nitrogens is 2. The van der Waals surface area contributed by atoms with Crippen LogP contribution in [0.15, 0.2) is 12.4 Å². The molecule has 0 amide bonds. The van der Waals surface area contributed by atoms with E-state index in [2.05, 4.69) is 20.2 Å². The van der Waals surface area contributed by atoms with Gasteiger partial charge in [-0.15, -0.1) is 0 Å². The Balaban J connectivity index is 1.70. The first-order chi connectivity index (χ1) is 9.86. The summed E-state index contributed by atoms with van der Waals surface area (Å²) >= 11 is 0. The molecule has 1 aliphatic heterocycles. The van der Waals surface area contributed by atoms with Crippen molar-refractivity contribution in [1.82, 2.24) is 15.3 Å². The van der Waals surface area contributed by atoms with Crippen LogP contribution in [-0.2, 0) is 0 Å². The summed E-state index contributed by atoms with van der Waals surface area (Å²) in [5.41, 5.74) is 0. The highest BCUT2D eigenvalue weighted by molar-refractivity contribution is 5.43. The zero-order valence-corrected chi connectivity index (χ0v) is 12.2. The quantitative estimate of drug-likeness (QED) is 0.859. The van der Waals surface area contributed by atoms with Gasteiger partial charge in [0.25, 0.3) is 0 Å². The molecular formula is C15H24N4O. The van der Waals surface area contributed by atoms with Gasteiger partial charge in [-0.25, -0.2) is 9.97 Å². The Kier molecular flexibility index (Phi) is 4.35. The maximum atomic E-state index is 5.50. The Bertz CT molecular complexity index is 430. The van der Waals surface area contributed by atoms with Crippen molar-refractivity contribution in [1.29, 1.82) is 0 Å². The van der Waals surface area contributed by atoms with Gasteiger partial charge in [0.15, 0.2) is 0 Å². The lowest BCUT2D eigenvalue weighted by Gasteiger charge is -2.31. The molecule has 1 saturated carbocycles. The third kappa shape index (κ3) is 3.39. The van der Waals surface area contributed by atoms with Gasteiger partial charge in [-0.05, 0) is 51.6 Å². The minimum atomic E-state index is 0.645. The van der Waals surface area contributed by atoms with Crippen LogP contribution in [0.4, 0.5) is 5.82 Å². The van der Waals surface area contributed by atoms with E-state index in [0.29, 0.717) is 18.5 Å². The minimum absolute atomic E-state index is 0.645. The lowest BCUT2D eigenvalue weighted by atomic mass is 9.99. The molecule has 3 rings (SSSR count). The summed E-state index contributed by atoms with van der Waals surface area (Å²) in [4.78, 5) is 11.1. The van der Waals surface area contributed by atoms with Crippen LogP contribution >= 0.6 is 0 Å². The zero-order valence-electron chi connectivity index (χ0n) is 12.2. The average Bonchev–Trinajstić information content (AvgIpc) is 3.31. The molecule has 0 spiro atoms. The van der Waals surface area contributed by atoms with Crippen LogP contribution in [0.2, 0.25) is 0 Å². The van der Waals surface area contributed by atoms with Crippen molar-refractivity contribution in [2.45, 2.75) is 38.6 Å². The van der Waals surface area contributed by atoms with Crippen molar-refractivity contribution in [3.8, 4) is 5.88 Å². The van der Waals surface area contributed by atoms with Crippen LogP contribution in [0.25, 0.3) is 0 Å². The van der Waals surface area contributed by atoms with Crippen LogP contribution in [0, 0.1) is 5.92 Å². The summed E-state index contributed by atoms with van der Waals surface area (Å²) in [6.07, 6.45) is 6.80. The Morgan fingerprint density at radius 2 is 2.25 bits per heavy atom. The molecule has 2 aliphatic rings. The van der Waals surface area contributed by atoms with Crippen molar-refractivity contribution in [2.75, 3.05) is 31.1 Å². The number of nitrogens with one attached hydrogen (secondary N) is 1. The topological polar surface area (TPSA) is 50.3 Å². The molecule has 1 unspecified atom stereocenters. The van der Waals surface area contributed by atoms with E-state index in [0.717, 1.165) is 24.8 Å². The van der Waals surface area contributed by atoms with E-state index in [1.165, 1.54) is 32.2 Å². The largest absolute Gasteiger partial charge is 0.478 e. The predicted octanol–water partition coefficient (Wildman–Crippen LogP) is 1.84. The van der Waals surface area contributed by atoms with E-state index in [1.807, 2.05) is 13.0 Å². The first-order valence-corrected chi connectivity index (χ1v) is 7.79. The van der Waals surface area contributed by atoms with E-state index in [-0.39, 0.29) is 0 Å². The van der Waals surface area contributed by atoms with Gasteiger partial charge < -0.3 is 15.0 Å². The average molecular weight is 276 g/mol. The first-order valence-electron chi connectivity index (χ1n) is 7.79. The van der Waals surface area contributed by atoms with Crippen LogP contribution in [0.5, 0.6) is 5.88 Å². The lowest BCUT2D eigenvalue weighted by Crippen LogP contribution is -2.39. The summed E-state index contributed by atoms with van der Waals surface area (Å²) in [6.45, 7) is 6.02. The predicted molar refractivity (Wildman–Crippen MR) is 79.2 cm³/mol. The van der Waals surface area contributed by atoms with Crippen LogP contribution in [0.1, 0.15) is 32.6 Å². The summed E-state index contributed by atoms with van der Waals surface area (Å²) in [7, 11) is 0. The standard InChI is InChI=1S/C15H24N4O/c1-2-20-15-8-14(17-11-18-15)19(13-5-6-13)10-12-4-3-7-16-9-12/h8,11-13,16H,2-7,9-10H2,1H3. The van der Waals surface area contributed by atoms with E-state index >= 15 is 0 Å². The molecule has 2 heterocycles. The van der Waals surface area contributed by atoms with Gasteiger partial charge in [0.05, 0.1) is 6.61 Å². The van der Waals surface area contributed by atoms with Crippen LogP contribution in [0.3, 0.4) is 0 Å². The Morgan fingerprint density at radius 1 is 1.35 bits per heavy atom. The van der Waals surface area contributed by atoms with Crippen molar-refractivity contribution in [2.24, 2.45) is 5.92 Å². The number of hydrogen-bond donors (Lipinski definition) is 1. The van der Waals surface area contributed by atoms with Gasteiger partial charge >= 0.3 is 0 Å². The van der Waals surface area contributed by atoms with Gasteiger partial charge in [0.1, 0.15) is 12.1 Å². The molecule has 5 heteroatoms. The van der Waals surface area contributed by atoms with Gasteiger partial charge in [-0.1, -0.05) is 0 Å². The van der Waals surface area contributed by atoms with Gasteiger partial charge in [-0.2, -0.15) is 0 Å². The number of rotatable bonds is 6. The number of piperidine rings is 1. The Morgan fingerprint density at radius 3 is 2.95 bits per heavy atom. The van der Waals surface area contributed by atoms with Crippen LogP contribution < -0.4 is 15.0 Å². The fourth-order valence-corrected chi connectivity index (χ4v) is 2.89.